The number of hydrazone groups is 1. The molecule has 182 valence electrons. The summed E-state index contributed by atoms with van der Waals surface area (Å²) in [6.07, 6.45) is 0. The minimum atomic E-state index is -0.321. The molecule has 35 heavy (non-hydrogen) atoms. The highest BCUT2D eigenvalue weighted by atomic mass is 32.2. The van der Waals surface area contributed by atoms with Crippen LogP contribution < -0.4 is 20.6 Å². The third-order valence-electron chi connectivity index (χ3n) is 5.06. The molecule has 0 saturated heterocycles. The number of ketones is 1. The molecule has 0 spiro atoms. The summed E-state index contributed by atoms with van der Waals surface area (Å²) in [6, 6.07) is 20.2. The number of hydrogen-bond acceptors (Lipinski definition) is 7. The number of benzene rings is 3. The Kier molecular flexibility index (Phi) is 9.31. The van der Waals surface area contributed by atoms with Gasteiger partial charge in [-0.15, -0.1) is 11.8 Å². The maximum atomic E-state index is 12.7. The van der Waals surface area contributed by atoms with Crippen LogP contribution in [-0.2, 0) is 15.3 Å². The zero-order chi connectivity index (χ0) is 25.2. The van der Waals surface area contributed by atoms with Gasteiger partial charge in [-0.05, 0) is 55.8 Å². The smallest absolute Gasteiger partial charge is 0.262 e. The van der Waals surface area contributed by atoms with E-state index in [9.17, 15) is 9.59 Å². The van der Waals surface area contributed by atoms with Crippen LogP contribution >= 0.6 is 11.8 Å². The monoisotopic (exact) mass is 491 g/mol. The molecule has 1 amide bonds. The van der Waals surface area contributed by atoms with Crippen LogP contribution in [0.2, 0.25) is 0 Å². The van der Waals surface area contributed by atoms with Crippen molar-refractivity contribution in [2.75, 3.05) is 24.8 Å². The molecule has 0 unspecified atom stereocenters. The standard InChI is InChI=1S/C27H29N3O4S/c1-18-12-19(2)14-20(13-18)16-35-17-24(31)27(30-28)21-8-10-22(11-9-21)34-15-26(32)29-23-6-4-5-7-25(23)33-3/h4-14H,15-17,28H2,1-3H3,(H,29,32)/b30-27+. The number of nitrogens with zero attached hydrogens (tertiary/aromatic N) is 1. The van der Waals surface area contributed by atoms with Gasteiger partial charge in [-0.25, -0.2) is 0 Å². The second-order valence-electron chi connectivity index (χ2n) is 7.95. The fourth-order valence-electron chi connectivity index (χ4n) is 3.58. The Bertz CT molecular complexity index is 1190. The lowest BCUT2D eigenvalue weighted by molar-refractivity contribution is -0.118. The third kappa shape index (κ3) is 7.61. The first kappa shape index (κ1) is 25.8. The normalized spacial score (nSPS) is 11.1. The number of hydrogen-bond donors (Lipinski definition) is 2. The van der Waals surface area contributed by atoms with Gasteiger partial charge in [0.1, 0.15) is 17.2 Å². The molecule has 0 saturated carbocycles. The molecular weight excluding hydrogens is 462 g/mol. The molecule has 8 heteroatoms. The van der Waals surface area contributed by atoms with Crippen LogP contribution in [0.5, 0.6) is 11.5 Å². The SMILES string of the molecule is COc1ccccc1NC(=O)COc1ccc(/C(=N\N)C(=O)CSCc2cc(C)cc(C)c2)cc1. The minimum Gasteiger partial charge on any atom is -0.495 e. The van der Waals surface area contributed by atoms with Gasteiger partial charge in [0.2, 0.25) is 0 Å². The number of methoxy groups -OCH3 is 1. The van der Waals surface area contributed by atoms with Crippen molar-refractivity contribution in [2.24, 2.45) is 10.9 Å². The Hall–Kier alpha value is -3.78. The molecule has 7 nitrogen and oxygen atoms in total. The van der Waals surface area contributed by atoms with Crippen molar-refractivity contribution in [1.29, 1.82) is 0 Å². The molecule has 3 rings (SSSR count). The van der Waals surface area contributed by atoms with E-state index in [1.807, 2.05) is 6.07 Å². The van der Waals surface area contributed by atoms with Crippen molar-refractivity contribution >= 4 is 34.9 Å². The van der Waals surface area contributed by atoms with E-state index in [1.165, 1.54) is 35.6 Å². The van der Waals surface area contributed by atoms with Crippen LogP contribution in [0.3, 0.4) is 0 Å². The van der Waals surface area contributed by atoms with Crippen LogP contribution in [0, 0.1) is 13.8 Å². The highest BCUT2D eigenvalue weighted by molar-refractivity contribution is 7.99. The number of thioether (sulfide) groups is 1. The van der Waals surface area contributed by atoms with Crippen LogP contribution in [0.25, 0.3) is 0 Å². The molecular formula is C27H29N3O4S. The number of nitrogens with two attached hydrogens (primary N) is 1. The maximum absolute atomic E-state index is 12.7. The van der Waals surface area contributed by atoms with E-state index in [2.05, 4.69) is 42.5 Å². The van der Waals surface area contributed by atoms with E-state index in [-0.39, 0.29) is 29.8 Å². The van der Waals surface area contributed by atoms with Crippen LogP contribution in [-0.4, -0.2) is 36.9 Å². The molecule has 3 aromatic rings. The number of rotatable bonds is 11. The van der Waals surface area contributed by atoms with Gasteiger partial charge in [0.25, 0.3) is 5.91 Å². The van der Waals surface area contributed by atoms with Gasteiger partial charge in [-0.1, -0.05) is 41.5 Å². The van der Waals surface area contributed by atoms with Crippen LogP contribution in [0.15, 0.2) is 71.8 Å². The van der Waals surface area contributed by atoms with Crippen molar-refractivity contribution < 1.29 is 19.1 Å². The molecule has 0 radical (unpaired) electrons. The fourth-order valence-corrected chi connectivity index (χ4v) is 4.41. The Morgan fingerprint density at radius 1 is 1.00 bits per heavy atom. The van der Waals surface area contributed by atoms with Gasteiger partial charge in [-0.3, -0.25) is 9.59 Å². The van der Waals surface area contributed by atoms with E-state index >= 15 is 0 Å². The second kappa shape index (κ2) is 12.6. The van der Waals surface area contributed by atoms with Gasteiger partial charge in [0.15, 0.2) is 12.4 Å². The summed E-state index contributed by atoms with van der Waals surface area (Å²) in [5, 5.41) is 6.47. The molecule has 3 N–H and O–H groups in total. The molecule has 0 aliphatic rings. The number of ether oxygens (including phenoxy) is 2. The van der Waals surface area contributed by atoms with Crippen molar-refractivity contribution in [2.45, 2.75) is 19.6 Å². The third-order valence-corrected chi connectivity index (χ3v) is 6.06. The summed E-state index contributed by atoms with van der Waals surface area (Å²) in [7, 11) is 1.54. The van der Waals surface area contributed by atoms with E-state index in [4.69, 9.17) is 15.3 Å². The van der Waals surface area contributed by atoms with Crippen molar-refractivity contribution in [1.82, 2.24) is 0 Å². The zero-order valence-corrected chi connectivity index (χ0v) is 20.9. The Morgan fingerprint density at radius 3 is 2.34 bits per heavy atom. The number of carbonyl (C=O) groups excluding carboxylic acids is 2. The predicted octanol–water partition coefficient (Wildman–Crippen LogP) is 4.49. The van der Waals surface area contributed by atoms with Crippen LogP contribution in [0.4, 0.5) is 5.69 Å². The quantitative estimate of drug-likeness (QED) is 0.233. The predicted molar refractivity (Wildman–Crippen MR) is 141 cm³/mol. The molecule has 0 bridgehead atoms. The lowest BCUT2D eigenvalue weighted by atomic mass is 10.1. The first-order chi connectivity index (χ1) is 16.9. The minimum absolute atomic E-state index is 0.147. The maximum Gasteiger partial charge on any atom is 0.262 e. The van der Waals surface area contributed by atoms with E-state index in [0.29, 0.717) is 22.7 Å². The number of carbonyl (C=O) groups is 2. The lowest BCUT2D eigenvalue weighted by Crippen LogP contribution is -2.21. The fraction of sp³-hybridized carbons (Fsp3) is 0.222. The highest BCUT2D eigenvalue weighted by Crippen LogP contribution is 2.23. The Morgan fingerprint density at radius 2 is 1.69 bits per heavy atom. The largest absolute Gasteiger partial charge is 0.495 e. The molecule has 0 aliphatic heterocycles. The number of amides is 1. The molecule has 0 heterocycles. The Labute approximate surface area is 209 Å². The number of para-hydroxylation sites is 2. The van der Waals surface area contributed by atoms with E-state index in [0.717, 1.165) is 5.75 Å². The van der Waals surface area contributed by atoms with Gasteiger partial charge >= 0.3 is 0 Å². The van der Waals surface area contributed by atoms with Gasteiger partial charge in [0, 0.05) is 11.3 Å². The molecule has 0 atom stereocenters. The number of aryl methyl sites for hydroxylation is 2. The van der Waals surface area contributed by atoms with Gasteiger partial charge < -0.3 is 20.6 Å². The number of anilines is 1. The Balaban J connectivity index is 1.51. The first-order valence-corrected chi connectivity index (χ1v) is 12.2. The molecule has 0 aliphatic carbocycles. The highest BCUT2D eigenvalue weighted by Gasteiger charge is 2.15. The summed E-state index contributed by atoms with van der Waals surface area (Å²) < 4.78 is 10.8. The summed E-state index contributed by atoms with van der Waals surface area (Å²) >= 11 is 1.52. The summed E-state index contributed by atoms with van der Waals surface area (Å²) in [6.45, 7) is 3.95. The number of nitrogens with one attached hydrogen (secondary N) is 1. The topological polar surface area (TPSA) is 103 Å². The van der Waals surface area contributed by atoms with E-state index in [1.54, 1.807) is 42.5 Å². The van der Waals surface area contributed by atoms with Crippen molar-refractivity contribution in [3.63, 3.8) is 0 Å². The average molecular weight is 492 g/mol. The van der Waals surface area contributed by atoms with Crippen LogP contribution in [0.1, 0.15) is 22.3 Å². The first-order valence-electron chi connectivity index (χ1n) is 11.0. The van der Waals surface area contributed by atoms with E-state index < -0.39 is 0 Å². The number of Topliss-reactive ketones (excluding diaryl/α,β-unsaturated/α-hetero) is 1. The second-order valence-corrected chi connectivity index (χ2v) is 8.94. The van der Waals surface area contributed by atoms with Crippen molar-refractivity contribution in [3.8, 4) is 11.5 Å². The molecule has 3 aromatic carbocycles. The summed E-state index contributed by atoms with van der Waals surface area (Å²) in [5.74, 6) is 7.11. The summed E-state index contributed by atoms with van der Waals surface area (Å²) in [5.41, 5.74) is 4.96. The van der Waals surface area contributed by atoms with Gasteiger partial charge in [-0.2, -0.15) is 5.10 Å². The molecule has 0 aromatic heterocycles. The zero-order valence-electron chi connectivity index (χ0n) is 20.0. The molecule has 0 fully saturated rings. The summed E-state index contributed by atoms with van der Waals surface area (Å²) in [4.78, 5) is 24.9. The van der Waals surface area contributed by atoms with Gasteiger partial charge in [0.05, 0.1) is 18.6 Å². The van der Waals surface area contributed by atoms with Crippen molar-refractivity contribution in [3.05, 3.63) is 89.0 Å². The average Bonchev–Trinajstić information content (AvgIpc) is 2.84. The lowest BCUT2D eigenvalue weighted by Gasteiger charge is -2.11.